The van der Waals surface area contributed by atoms with E-state index in [1.165, 1.54) is 6.07 Å². The standard InChI is InChI=1S/C10H10N2O2/c1-7-6-11-10(12-7)14-9-4-2-3-8(13)5-9/h2-6,13H,1H3,(H,11,12). The first kappa shape index (κ1) is 8.62. The summed E-state index contributed by atoms with van der Waals surface area (Å²) in [5.74, 6) is 0.727. The van der Waals surface area contributed by atoms with Crippen LogP contribution in [-0.4, -0.2) is 15.1 Å². The molecular formula is C10H10N2O2. The molecule has 0 radical (unpaired) electrons. The fraction of sp³-hybridized carbons (Fsp3) is 0.100. The van der Waals surface area contributed by atoms with Crippen LogP contribution in [0.15, 0.2) is 30.5 Å². The van der Waals surface area contributed by atoms with E-state index in [1.807, 2.05) is 6.92 Å². The van der Waals surface area contributed by atoms with E-state index in [0.29, 0.717) is 11.8 Å². The van der Waals surface area contributed by atoms with Gasteiger partial charge in [0.1, 0.15) is 11.5 Å². The zero-order valence-electron chi connectivity index (χ0n) is 7.69. The number of nitrogens with zero attached hydrogens (tertiary/aromatic N) is 1. The summed E-state index contributed by atoms with van der Waals surface area (Å²) in [5.41, 5.74) is 0.931. The summed E-state index contributed by atoms with van der Waals surface area (Å²) in [7, 11) is 0. The van der Waals surface area contributed by atoms with Gasteiger partial charge in [-0.1, -0.05) is 6.07 Å². The van der Waals surface area contributed by atoms with Crippen molar-refractivity contribution in [1.82, 2.24) is 9.97 Å². The Balaban J connectivity index is 2.18. The first-order chi connectivity index (χ1) is 6.74. The molecule has 0 saturated carbocycles. The number of phenols is 1. The molecule has 1 aromatic carbocycles. The third-order valence-corrected chi connectivity index (χ3v) is 1.71. The van der Waals surface area contributed by atoms with Crippen LogP contribution in [0.25, 0.3) is 0 Å². The van der Waals surface area contributed by atoms with Gasteiger partial charge in [-0.05, 0) is 19.1 Å². The molecular weight excluding hydrogens is 180 g/mol. The minimum Gasteiger partial charge on any atom is -0.508 e. The van der Waals surface area contributed by atoms with Gasteiger partial charge in [0.15, 0.2) is 0 Å². The Morgan fingerprint density at radius 3 is 2.93 bits per heavy atom. The van der Waals surface area contributed by atoms with E-state index < -0.39 is 0 Å². The largest absolute Gasteiger partial charge is 0.508 e. The van der Waals surface area contributed by atoms with Crippen LogP contribution in [0.3, 0.4) is 0 Å². The van der Waals surface area contributed by atoms with E-state index in [-0.39, 0.29) is 5.75 Å². The van der Waals surface area contributed by atoms with Crippen LogP contribution in [0.1, 0.15) is 5.69 Å². The zero-order valence-corrected chi connectivity index (χ0v) is 7.69. The molecule has 0 amide bonds. The van der Waals surface area contributed by atoms with Crippen molar-refractivity contribution in [2.75, 3.05) is 0 Å². The normalized spacial score (nSPS) is 10.1. The van der Waals surface area contributed by atoms with Crippen LogP contribution in [0.5, 0.6) is 17.5 Å². The number of aryl methyl sites for hydroxylation is 1. The lowest BCUT2D eigenvalue weighted by molar-refractivity contribution is 0.435. The maximum Gasteiger partial charge on any atom is 0.299 e. The molecule has 1 aromatic heterocycles. The number of phenolic OH excluding ortho intramolecular Hbond substituents is 1. The van der Waals surface area contributed by atoms with Crippen molar-refractivity contribution in [3.8, 4) is 17.5 Å². The quantitative estimate of drug-likeness (QED) is 0.763. The van der Waals surface area contributed by atoms with Crippen molar-refractivity contribution in [3.63, 3.8) is 0 Å². The molecule has 0 saturated heterocycles. The van der Waals surface area contributed by atoms with E-state index in [2.05, 4.69) is 9.97 Å². The van der Waals surface area contributed by atoms with Crippen LogP contribution < -0.4 is 4.74 Å². The summed E-state index contributed by atoms with van der Waals surface area (Å²) in [6.45, 7) is 1.89. The van der Waals surface area contributed by atoms with Gasteiger partial charge in [0.2, 0.25) is 0 Å². The Morgan fingerprint density at radius 1 is 1.43 bits per heavy atom. The Hall–Kier alpha value is -1.97. The number of ether oxygens (including phenoxy) is 1. The molecule has 14 heavy (non-hydrogen) atoms. The van der Waals surface area contributed by atoms with Gasteiger partial charge < -0.3 is 14.8 Å². The van der Waals surface area contributed by atoms with Gasteiger partial charge in [0, 0.05) is 11.8 Å². The Kier molecular flexibility index (Phi) is 2.10. The Labute approximate surface area is 81.2 Å². The van der Waals surface area contributed by atoms with Crippen molar-refractivity contribution in [2.24, 2.45) is 0 Å². The summed E-state index contributed by atoms with van der Waals surface area (Å²) in [4.78, 5) is 6.91. The number of benzene rings is 1. The fourth-order valence-corrected chi connectivity index (χ4v) is 1.10. The number of aromatic hydroxyl groups is 1. The summed E-state index contributed by atoms with van der Waals surface area (Å²) in [5, 5.41) is 9.19. The first-order valence-electron chi connectivity index (χ1n) is 4.22. The summed E-state index contributed by atoms with van der Waals surface area (Å²) in [6.07, 6.45) is 1.68. The fourth-order valence-electron chi connectivity index (χ4n) is 1.10. The van der Waals surface area contributed by atoms with Crippen LogP contribution >= 0.6 is 0 Å². The van der Waals surface area contributed by atoms with E-state index in [0.717, 1.165) is 5.69 Å². The second kappa shape index (κ2) is 3.41. The van der Waals surface area contributed by atoms with Gasteiger partial charge in [0.05, 0.1) is 6.20 Å². The predicted octanol–water partition coefficient (Wildman–Crippen LogP) is 2.22. The van der Waals surface area contributed by atoms with Crippen molar-refractivity contribution in [2.45, 2.75) is 6.92 Å². The molecule has 0 fully saturated rings. The molecule has 0 unspecified atom stereocenters. The van der Waals surface area contributed by atoms with Crippen LogP contribution in [0, 0.1) is 6.92 Å². The van der Waals surface area contributed by atoms with Crippen molar-refractivity contribution >= 4 is 0 Å². The average molecular weight is 190 g/mol. The van der Waals surface area contributed by atoms with Gasteiger partial charge in [-0.15, -0.1) is 0 Å². The summed E-state index contributed by atoms with van der Waals surface area (Å²) in [6, 6.07) is 6.99. The SMILES string of the molecule is Cc1cnc(Oc2cccc(O)c2)[nH]1. The van der Waals surface area contributed by atoms with Crippen molar-refractivity contribution in [1.29, 1.82) is 0 Å². The van der Waals surface area contributed by atoms with Crippen molar-refractivity contribution in [3.05, 3.63) is 36.2 Å². The number of rotatable bonds is 2. The highest BCUT2D eigenvalue weighted by Gasteiger charge is 2.00. The maximum absolute atomic E-state index is 9.19. The number of H-pyrrole nitrogens is 1. The molecule has 4 nitrogen and oxygen atoms in total. The smallest absolute Gasteiger partial charge is 0.299 e. The molecule has 2 rings (SSSR count). The highest BCUT2D eigenvalue weighted by atomic mass is 16.5. The average Bonchev–Trinajstić information content (AvgIpc) is 2.51. The third kappa shape index (κ3) is 1.85. The number of nitrogens with one attached hydrogen (secondary N) is 1. The minimum absolute atomic E-state index is 0.172. The minimum atomic E-state index is 0.172. The number of aromatic amines is 1. The molecule has 0 aliphatic rings. The van der Waals surface area contributed by atoms with Gasteiger partial charge in [0.25, 0.3) is 6.01 Å². The molecule has 0 bridgehead atoms. The third-order valence-electron chi connectivity index (χ3n) is 1.71. The second-order valence-corrected chi connectivity index (χ2v) is 2.97. The maximum atomic E-state index is 9.19. The topological polar surface area (TPSA) is 58.1 Å². The highest BCUT2D eigenvalue weighted by Crippen LogP contribution is 2.22. The first-order valence-corrected chi connectivity index (χ1v) is 4.22. The summed E-state index contributed by atoms with van der Waals surface area (Å²) >= 11 is 0. The lowest BCUT2D eigenvalue weighted by atomic mass is 10.3. The monoisotopic (exact) mass is 190 g/mol. The molecule has 0 spiro atoms. The molecule has 72 valence electrons. The number of hydrogen-bond acceptors (Lipinski definition) is 3. The van der Waals surface area contributed by atoms with E-state index in [1.54, 1.807) is 24.4 Å². The van der Waals surface area contributed by atoms with Gasteiger partial charge >= 0.3 is 0 Å². The lowest BCUT2D eigenvalue weighted by Gasteiger charge is -2.01. The molecule has 0 atom stereocenters. The zero-order chi connectivity index (χ0) is 9.97. The van der Waals surface area contributed by atoms with Crippen LogP contribution in [0.4, 0.5) is 0 Å². The Morgan fingerprint density at radius 2 is 2.29 bits per heavy atom. The summed E-state index contributed by atoms with van der Waals surface area (Å²) < 4.78 is 5.35. The van der Waals surface area contributed by atoms with Gasteiger partial charge in [-0.2, -0.15) is 0 Å². The number of hydrogen-bond donors (Lipinski definition) is 2. The van der Waals surface area contributed by atoms with E-state index >= 15 is 0 Å². The molecule has 0 aliphatic heterocycles. The van der Waals surface area contributed by atoms with E-state index in [4.69, 9.17) is 4.74 Å². The van der Waals surface area contributed by atoms with Gasteiger partial charge in [-0.25, -0.2) is 4.98 Å². The molecule has 2 aromatic rings. The predicted molar refractivity (Wildman–Crippen MR) is 51.5 cm³/mol. The second-order valence-electron chi connectivity index (χ2n) is 2.97. The van der Waals surface area contributed by atoms with Crippen LogP contribution in [0.2, 0.25) is 0 Å². The number of imidazole rings is 1. The van der Waals surface area contributed by atoms with Crippen LogP contribution in [-0.2, 0) is 0 Å². The molecule has 2 N–H and O–H groups in total. The molecule has 4 heteroatoms. The molecule has 0 aliphatic carbocycles. The van der Waals surface area contributed by atoms with E-state index in [9.17, 15) is 5.11 Å². The Bertz CT molecular complexity index is 437. The lowest BCUT2D eigenvalue weighted by Crippen LogP contribution is -1.85. The van der Waals surface area contributed by atoms with Gasteiger partial charge in [-0.3, -0.25) is 0 Å². The molecule has 1 heterocycles. The highest BCUT2D eigenvalue weighted by molar-refractivity contribution is 5.33. The van der Waals surface area contributed by atoms with Crippen molar-refractivity contribution < 1.29 is 9.84 Å². The number of aromatic nitrogens is 2.